The number of methoxy groups -OCH3 is 1. The number of esters is 1. The molecule has 10 heteroatoms. The first kappa shape index (κ1) is 28.9. The van der Waals surface area contributed by atoms with E-state index >= 15 is 0 Å². The molecule has 2 aromatic carbocycles. The smallest absolute Gasteiger partial charge is 0.328 e. The third-order valence-electron chi connectivity index (χ3n) is 7.10. The maximum atomic E-state index is 14.8. The van der Waals surface area contributed by atoms with Crippen molar-refractivity contribution in [3.05, 3.63) is 85.8 Å². The van der Waals surface area contributed by atoms with Gasteiger partial charge in [0.05, 0.1) is 25.9 Å². The number of benzene rings is 2. The molecule has 40 heavy (non-hydrogen) atoms. The van der Waals surface area contributed by atoms with Gasteiger partial charge in [-0.05, 0) is 73.7 Å². The van der Waals surface area contributed by atoms with Crippen LogP contribution in [0.5, 0.6) is 0 Å². The Labute approximate surface area is 231 Å². The van der Waals surface area contributed by atoms with Crippen LogP contribution in [-0.4, -0.2) is 35.6 Å². The quantitative estimate of drug-likeness (QED) is 0.404. The molecule has 0 bridgehead atoms. The van der Waals surface area contributed by atoms with Gasteiger partial charge in [0, 0.05) is 30.9 Å². The predicted molar refractivity (Wildman–Crippen MR) is 147 cm³/mol. The second kappa shape index (κ2) is 11.6. The number of amides is 1. The summed E-state index contributed by atoms with van der Waals surface area (Å²) in [6.07, 6.45) is -0.00843. The molecule has 1 atom stereocenters. The summed E-state index contributed by atoms with van der Waals surface area (Å²) in [5.74, 6) is -3.96. The number of carbonyl (C=O) groups excluding carboxylic acids is 2. The molecule has 1 aliphatic rings. The van der Waals surface area contributed by atoms with Gasteiger partial charge >= 0.3 is 5.97 Å². The Morgan fingerprint density at radius 1 is 1.07 bits per heavy atom. The highest BCUT2D eigenvalue weighted by molar-refractivity contribution is 5.97. The number of pyridine rings is 1. The van der Waals surface area contributed by atoms with Crippen LogP contribution in [0, 0.1) is 25.5 Å². The largest absolute Gasteiger partial charge is 0.467 e. The van der Waals surface area contributed by atoms with Crippen molar-refractivity contribution in [1.29, 1.82) is 0 Å². The van der Waals surface area contributed by atoms with E-state index in [9.17, 15) is 23.2 Å². The van der Waals surface area contributed by atoms with Crippen LogP contribution in [0.4, 0.5) is 14.5 Å². The number of halogens is 2. The van der Waals surface area contributed by atoms with Gasteiger partial charge < -0.3 is 24.7 Å². The fourth-order valence-electron chi connectivity index (χ4n) is 5.07. The van der Waals surface area contributed by atoms with E-state index in [1.54, 1.807) is 23.7 Å². The number of hydrogen-bond acceptors (Lipinski definition) is 6. The third kappa shape index (κ3) is 5.62. The van der Waals surface area contributed by atoms with E-state index in [1.807, 2.05) is 33.8 Å². The lowest BCUT2D eigenvalue weighted by atomic mass is 9.90. The van der Waals surface area contributed by atoms with E-state index in [-0.39, 0.29) is 36.9 Å². The van der Waals surface area contributed by atoms with Gasteiger partial charge in [-0.3, -0.25) is 9.59 Å². The molecule has 0 radical (unpaired) electrons. The van der Waals surface area contributed by atoms with Crippen molar-refractivity contribution < 1.29 is 27.8 Å². The van der Waals surface area contributed by atoms with Crippen molar-refractivity contribution in [2.45, 2.75) is 59.4 Å². The lowest BCUT2D eigenvalue weighted by molar-refractivity contribution is -0.142. The molecule has 212 valence electrons. The molecule has 1 amide bonds. The first-order valence-corrected chi connectivity index (χ1v) is 13.0. The second-order valence-corrected chi connectivity index (χ2v) is 10.3. The summed E-state index contributed by atoms with van der Waals surface area (Å²) in [5.41, 5.74) is 4.56. The first-order chi connectivity index (χ1) is 18.9. The number of aryl methyl sites for hydroxylation is 2. The Morgan fingerprint density at radius 3 is 2.35 bits per heavy atom. The highest BCUT2D eigenvalue weighted by Gasteiger charge is 2.29. The van der Waals surface area contributed by atoms with Crippen LogP contribution < -0.4 is 16.2 Å². The Bertz CT molecular complexity index is 1520. The van der Waals surface area contributed by atoms with Gasteiger partial charge in [-0.2, -0.15) is 0 Å². The van der Waals surface area contributed by atoms with E-state index in [4.69, 9.17) is 9.47 Å². The van der Waals surface area contributed by atoms with Crippen molar-refractivity contribution in [3.8, 4) is 11.1 Å². The Hall–Kier alpha value is -4.05. The molecule has 1 aliphatic heterocycles. The number of fused-ring (bicyclic) bond motifs is 1. The van der Waals surface area contributed by atoms with Gasteiger partial charge in [0.1, 0.15) is 23.2 Å². The maximum Gasteiger partial charge on any atom is 0.328 e. The van der Waals surface area contributed by atoms with E-state index in [0.29, 0.717) is 11.1 Å². The highest BCUT2D eigenvalue weighted by atomic mass is 19.1. The zero-order valence-corrected chi connectivity index (χ0v) is 23.4. The van der Waals surface area contributed by atoms with Crippen LogP contribution in [-0.2, 0) is 41.0 Å². The zero-order valence-electron chi connectivity index (χ0n) is 23.4. The minimum absolute atomic E-state index is 0.00843. The van der Waals surface area contributed by atoms with Crippen molar-refractivity contribution in [2.24, 2.45) is 7.05 Å². The minimum atomic E-state index is -1.23. The molecular weight excluding hydrogens is 520 g/mol. The molecule has 3 aromatic rings. The molecule has 0 aliphatic carbocycles. The van der Waals surface area contributed by atoms with Crippen molar-refractivity contribution in [1.82, 2.24) is 9.88 Å². The normalized spacial score (nSPS) is 13.2. The Balaban J connectivity index is 1.67. The third-order valence-corrected chi connectivity index (χ3v) is 7.10. The van der Waals surface area contributed by atoms with E-state index in [1.165, 1.54) is 7.11 Å². The number of hydrogen-bond donors (Lipinski definition) is 2. The van der Waals surface area contributed by atoms with Crippen molar-refractivity contribution in [2.75, 3.05) is 12.4 Å². The van der Waals surface area contributed by atoms with Crippen LogP contribution in [0.2, 0.25) is 0 Å². The Morgan fingerprint density at radius 2 is 1.73 bits per heavy atom. The lowest BCUT2D eigenvalue weighted by Crippen LogP contribution is -2.43. The summed E-state index contributed by atoms with van der Waals surface area (Å²) < 4.78 is 41.7. The first-order valence-electron chi connectivity index (χ1n) is 13.0. The van der Waals surface area contributed by atoms with Gasteiger partial charge in [0.2, 0.25) is 0 Å². The second-order valence-electron chi connectivity index (χ2n) is 10.3. The molecule has 1 aromatic heterocycles. The number of anilines is 1. The summed E-state index contributed by atoms with van der Waals surface area (Å²) in [6.45, 7) is 7.90. The summed E-state index contributed by atoms with van der Waals surface area (Å²) >= 11 is 0. The monoisotopic (exact) mass is 553 g/mol. The van der Waals surface area contributed by atoms with Crippen LogP contribution in [0.15, 0.2) is 35.1 Å². The van der Waals surface area contributed by atoms with Gasteiger partial charge in [-0.15, -0.1) is 0 Å². The molecule has 2 N–H and O–H groups in total. The number of nitrogens with zero attached hydrogens (tertiary/aromatic N) is 1. The van der Waals surface area contributed by atoms with Gasteiger partial charge in [0.15, 0.2) is 0 Å². The van der Waals surface area contributed by atoms with Crippen molar-refractivity contribution >= 4 is 17.6 Å². The summed E-state index contributed by atoms with van der Waals surface area (Å²) in [6, 6.07) is 6.29. The molecule has 0 spiro atoms. The van der Waals surface area contributed by atoms with Gasteiger partial charge in [-0.1, -0.05) is 12.1 Å². The van der Waals surface area contributed by atoms with Gasteiger partial charge in [0.25, 0.3) is 11.5 Å². The standard InChI is InChI=1S/C30H33F2N3O5/c1-15(2)33-19-11-23(31)27(24(32)12-19)28(36)34-25(30(38)39-6)10-18-7-8-20(22-14-40-13-21(18)22)26-16(3)9-17(4)35(5)29(26)37/h7-9,11-12,15,25,33H,10,13-14H2,1-6H3,(H,34,36)/t25-/m0/s1. The average Bonchev–Trinajstić information content (AvgIpc) is 3.37. The summed E-state index contributed by atoms with van der Waals surface area (Å²) in [5, 5.41) is 5.32. The molecule has 0 saturated carbocycles. The zero-order chi connectivity index (χ0) is 29.3. The summed E-state index contributed by atoms with van der Waals surface area (Å²) in [4.78, 5) is 38.8. The lowest BCUT2D eigenvalue weighted by Gasteiger charge is -2.20. The molecule has 2 heterocycles. The van der Waals surface area contributed by atoms with E-state index in [0.717, 1.165) is 40.1 Å². The van der Waals surface area contributed by atoms with Gasteiger partial charge in [-0.25, -0.2) is 13.6 Å². The number of ether oxygens (including phenoxy) is 2. The molecular formula is C30H33F2N3O5. The Kier molecular flexibility index (Phi) is 8.39. The SMILES string of the molecule is COC(=O)[C@H](Cc1ccc(-c2c(C)cc(C)n(C)c2=O)c2c1COC2)NC(=O)c1c(F)cc(NC(C)C)cc1F. The topological polar surface area (TPSA) is 98.7 Å². The number of carbonyl (C=O) groups is 2. The van der Waals surface area contributed by atoms with E-state index in [2.05, 4.69) is 10.6 Å². The molecule has 0 fully saturated rings. The predicted octanol–water partition coefficient (Wildman–Crippen LogP) is 4.31. The number of nitrogens with one attached hydrogen (secondary N) is 2. The van der Waals surface area contributed by atoms with Crippen LogP contribution in [0.3, 0.4) is 0 Å². The summed E-state index contributed by atoms with van der Waals surface area (Å²) in [7, 11) is 2.89. The highest BCUT2D eigenvalue weighted by Crippen LogP contribution is 2.34. The molecule has 0 unspecified atom stereocenters. The van der Waals surface area contributed by atoms with Crippen LogP contribution >= 0.6 is 0 Å². The number of rotatable bonds is 8. The maximum absolute atomic E-state index is 14.8. The molecule has 0 saturated heterocycles. The minimum Gasteiger partial charge on any atom is -0.467 e. The van der Waals surface area contributed by atoms with Crippen LogP contribution in [0.25, 0.3) is 11.1 Å². The number of aromatic nitrogens is 1. The van der Waals surface area contributed by atoms with E-state index < -0.39 is 35.1 Å². The fourth-order valence-corrected chi connectivity index (χ4v) is 5.07. The molecule has 8 nitrogen and oxygen atoms in total. The average molecular weight is 554 g/mol. The van der Waals surface area contributed by atoms with Crippen LogP contribution in [0.1, 0.15) is 52.2 Å². The fraction of sp³-hybridized carbons (Fsp3) is 0.367. The molecule has 4 rings (SSSR count). The van der Waals surface area contributed by atoms with Crippen molar-refractivity contribution in [3.63, 3.8) is 0 Å².